The summed E-state index contributed by atoms with van der Waals surface area (Å²) in [5.74, 6) is 2.43. The van der Waals surface area contributed by atoms with Crippen LogP contribution in [0.2, 0.25) is 0 Å². The van der Waals surface area contributed by atoms with Crippen molar-refractivity contribution in [3.8, 4) is 11.5 Å². The van der Waals surface area contributed by atoms with Crippen LogP contribution in [0.4, 0.5) is 0 Å². The van der Waals surface area contributed by atoms with Gasteiger partial charge in [-0.05, 0) is 55.2 Å². The first-order valence-electron chi connectivity index (χ1n) is 9.33. The summed E-state index contributed by atoms with van der Waals surface area (Å²) in [6.45, 7) is 6.72. The lowest BCUT2D eigenvalue weighted by Crippen LogP contribution is -2.20. The smallest absolute Gasteiger partial charge is 0.282 e. The number of aryl methyl sites for hydroxylation is 1. The van der Waals surface area contributed by atoms with Crippen LogP contribution in [-0.4, -0.2) is 29.6 Å². The number of fused-ring (bicyclic) bond motifs is 1. The number of rotatable bonds is 7. The predicted octanol–water partition coefficient (Wildman–Crippen LogP) is 4.02. The lowest BCUT2D eigenvalue weighted by Gasteiger charge is -2.12. The SMILES string of the molecule is COc1cc(C=Nn2c(C)nc3ccccc3c2=O)ccc1OCCC(C)C. The summed E-state index contributed by atoms with van der Waals surface area (Å²) in [4.78, 5) is 17.1. The minimum Gasteiger partial charge on any atom is -0.493 e. The lowest BCUT2D eigenvalue weighted by atomic mass is 10.1. The van der Waals surface area contributed by atoms with E-state index in [1.165, 1.54) is 4.68 Å². The number of benzene rings is 2. The van der Waals surface area contributed by atoms with Crippen LogP contribution in [-0.2, 0) is 0 Å². The van der Waals surface area contributed by atoms with E-state index in [9.17, 15) is 4.79 Å². The Kier molecular flexibility index (Phi) is 6.09. The predicted molar refractivity (Wildman–Crippen MR) is 112 cm³/mol. The van der Waals surface area contributed by atoms with Crippen LogP contribution in [0.3, 0.4) is 0 Å². The monoisotopic (exact) mass is 379 g/mol. The highest BCUT2D eigenvalue weighted by Crippen LogP contribution is 2.28. The van der Waals surface area contributed by atoms with Gasteiger partial charge >= 0.3 is 0 Å². The molecule has 146 valence electrons. The van der Waals surface area contributed by atoms with Gasteiger partial charge in [0.2, 0.25) is 0 Å². The zero-order valence-electron chi connectivity index (χ0n) is 16.7. The molecule has 0 N–H and O–H groups in total. The largest absolute Gasteiger partial charge is 0.493 e. The molecule has 0 bridgehead atoms. The maximum absolute atomic E-state index is 12.7. The standard InChI is InChI=1S/C22H25N3O3/c1-15(2)11-12-28-20-10-9-17(13-21(20)27-4)14-23-25-16(3)24-19-8-6-5-7-18(19)22(25)26/h5-10,13-15H,11-12H2,1-4H3. The van der Waals surface area contributed by atoms with Crippen molar-refractivity contribution in [1.29, 1.82) is 0 Å². The van der Waals surface area contributed by atoms with Crippen LogP contribution in [0.15, 0.2) is 52.4 Å². The molecule has 0 atom stereocenters. The third-order valence-corrected chi connectivity index (χ3v) is 4.38. The first kappa shape index (κ1) is 19.6. The molecule has 0 aliphatic rings. The Morgan fingerprint density at radius 2 is 1.96 bits per heavy atom. The second-order valence-electron chi connectivity index (χ2n) is 6.98. The number of methoxy groups -OCH3 is 1. The number of hydrogen-bond acceptors (Lipinski definition) is 5. The van der Waals surface area contributed by atoms with Crippen molar-refractivity contribution in [3.05, 3.63) is 64.2 Å². The maximum atomic E-state index is 12.7. The Morgan fingerprint density at radius 3 is 2.71 bits per heavy atom. The fourth-order valence-electron chi connectivity index (χ4n) is 2.78. The first-order valence-corrected chi connectivity index (χ1v) is 9.33. The second-order valence-corrected chi connectivity index (χ2v) is 6.98. The van der Waals surface area contributed by atoms with Crippen molar-refractivity contribution >= 4 is 17.1 Å². The highest BCUT2D eigenvalue weighted by molar-refractivity contribution is 5.81. The molecule has 0 aliphatic heterocycles. The van der Waals surface area contributed by atoms with E-state index < -0.39 is 0 Å². The summed E-state index contributed by atoms with van der Waals surface area (Å²) < 4.78 is 12.5. The van der Waals surface area contributed by atoms with Crippen molar-refractivity contribution in [1.82, 2.24) is 9.66 Å². The molecule has 0 amide bonds. The minimum atomic E-state index is -0.194. The number of para-hydroxylation sites is 1. The molecule has 3 rings (SSSR count). The summed E-state index contributed by atoms with van der Waals surface area (Å²) in [7, 11) is 1.60. The van der Waals surface area contributed by atoms with Crippen LogP contribution >= 0.6 is 0 Å². The van der Waals surface area contributed by atoms with Gasteiger partial charge in [0.1, 0.15) is 5.82 Å². The van der Waals surface area contributed by atoms with Crippen molar-refractivity contribution in [2.24, 2.45) is 11.0 Å². The van der Waals surface area contributed by atoms with Crippen LogP contribution in [0.25, 0.3) is 10.9 Å². The average Bonchev–Trinajstić information content (AvgIpc) is 2.68. The summed E-state index contributed by atoms with van der Waals surface area (Å²) in [5.41, 5.74) is 1.27. The van der Waals surface area contributed by atoms with Crippen molar-refractivity contribution in [2.45, 2.75) is 27.2 Å². The van der Waals surface area contributed by atoms with E-state index in [-0.39, 0.29) is 5.56 Å². The van der Waals surface area contributed by atoms with Crippen molar-refractivity contribution in [2.75, 3.05) is 13.7 Å². The molecule has 6 heteroatoms. The molecule has 2 aromatic carbocycles. The molecule has 1 aromatic heterocycles. The van der Waals surface area contributed by atoms with Gasteiger partial charge < -0.3 is 9.47 Å². The summed E-state index contributed by atoms with van der Waals surface area (Å²) in [6, 6.07) is 12.8. The fraction of sp³-hybridized carbons (Fsp3) is 0.318. The Labute approximate surface area is 164 Å². The van der Waals surface area contributed by atoms with Crippen LogP contribution < -0.4 is 15.0 Å². The Balaban J connectivity index is 1.86. The van der Waals surface area contributed by atoms with Gasteiger partial charge in [0.05, 0.1) is 30.8 Å². The molecule has 0 saturated heterocycles. The molecule has 0 radical (unpaired) electrons. The summed E-state index contributed by atoms with van der Waals surface area (Å²) in [6.07, 6.45) is 2.59. The number of nitrogens with zero attached hydrogens (tertiary/aromatic N) is 3. The van der Waals surface area contributed by atoms with Gasteiger partial charge in [-0.25, -0.2) is 4.98 Å². The van der Waals surface area contributed by atoms with Crippen LogP contribution in [0, 0.1) is 12.8 Å². The molecule has 3 aromatic rings. The summed E-state index contributed by atoms with van der Waals surface area (Å²) in [5, 5.41) is 4.88. The van der Waals surface area contributed by atoms with Crippen LogP contribution in [0.5, 0.6) is 11.5 Å². The molecule has 0 unspecified atom stereocenters. The Hall–Kier alpha value is -3.15. The fourth-order valence-corrected chi connectivity index (χ4v) is 2.78. The molecular weight excluding hydrogens is 354 g/mol. The molecule has 0 spiro atoms. The van der Waals surface area contributed by atoms with E-state index in [1.807, 2.05) is 36.4 Å². The van der Waals surface area contributed by atoms with E-state index in [0.29, 0.717) is 40.8 Å². The molecule has 1 heterocycles. The average molecular weight is 379 g/mol. The van der Waals surface area contributed by atoms with Gasteiger partial charge in [-0.3, -0.25) is 4.79 Å². The van der Waals surface area contributed by atoms with E-state index in [2.05, 4.69) is 23.9 Å². The maximum Gasteiger partial charge on any atom is 0.282 e. The molecule has 0 saturated carbocycles. The highest BCUT2D eigenvalue weighted by atomic mass is 16.5. The molecule has 28 heavy (non-hydrogen) atoms. The summed E-state index contributed by atoms with van der Waals surface area (Å²) >= 11 is 0. The lowest BCUT2D eigenvalue weighted by molar-refractivity contribution is 0.273. The van der Waals surface area contributed by atoms with Crippen molar-refractivity contribution < 1.29 is 9.47 Å². The van der Waals surface area contributed by atoms with Gasteiger partial charge in [0.15, 0.2) is 11.5 Å². The zero-order chi connectivity index (χ0) is 20.1. The third kappa shape index (κ3) is 4.39. The van der Waals surface area contributed by atoms with E-state index in [4.69, 9.17) is 9.47 Å². The molecule has 0 aliphatic carbocycles. The number of aromatic nitrogens is 2. The molecular formula is C22H25N3O3. The Bertz CT molecular complexity index is 1050. The van der Waals surface area contributed by atoms with E-state index >= 15 is 0 Å². The minimum absolute atomic E-state index is 0.194. The van der Waals surface area contributed by atoms with Gasteiger partial charge in [-0.15, -0.1) is 0 Å². The quantitative estimate of drug-likeness (QED) is 0.582. The number of hydrogen-bond donors (Lipinski definition) is 0. The Morgan fingerprint density at radius 1 is 1.18 bits per heavy atom. The number of ether oxygens (including phenoxy) is 2. The third-order valence-electron chi connectivity index (χ3n) is 4.38. The highest BCUT2D eigenvalue weighted by Gasteiger charge is 2.08. The zero-order valence-corrected chi connectivity index (χ0v) is 16.7. The van der Waals surface area contributed by atoms with Gasteiger partial charge in [0.25, 0.3) is 5.56 Å². The van der Waals surface area contributed by atoms with Gasteiger partial charge in [-0.1, -0.05) is 26.0 Å². The topological polar surface area (TPSA) is 65.7 Å². The van der Waals surface area contributed by atoms with E-state index in [0.717, 1.165) is 12.0 Å². The first-order chi connectivity index (χ1) is 13.5. The van der Waals surface area contributed by atoms with Crippen molar-refractivity contribution in [3.63, 3.8) is 0 Å². The molecule has 6 nitrogen and oxygen atoms in total. The normalized spacial score (nSPS) is 11.5. The van der Waals surface area contributed by atoms with E-state index in [1.54, 1.807) is 26.3 Å². The second kappa shape index (κ2) is 8.69. The molecule has 0 fully saturated rings. The van der Waals surface area contributed by atoms with Gasteiger partial charge in [0, 0.05) is 0 Å². The van der Waals surface area contributed by atoms with Gasteiger partial charge in [-0.2, -0.15) is 9.78 Å². The van der Waals surface area contributed by atoms with Crippen LogP contribution in [0.1, 0.15) is 31.7 Å².